The average molecular weight is 224 g/mol. The lowest BCUT2D eigenvalue weighted by molar-refractivity contribution is 0.0721. The molecule has 0 spiro atoms. The molecule has 0 aliphatic carbocycles. The summed E-state index contributed by atoms with van der Waals surface area (Å²) in [4.78, 5) is 27.0. The number of hydrogen-bond acceptors (Lipinski definition) is 3. The number of carbonyl (C=O) groups excluding carboxylic acids is 1. The van der Waals surface area contributed by atoms with E-state index in [4.69, 9.17) is 5.11 Å². The Labute approximate surface area is 93.7 Å². The van der Waals surface area contributed by atoms with Crippen molar-refractivity contribution in [3.8, 4) is 0 Å². The van der Waals surface area contributed by atoms with E-state index in [1.54, 1.807) is 6.07 Å². The maximum absolute atomic E-state index is 11.9. The molecule has 0 unspecified atom stereocenters. The molecule has 0 saturated carbocycles. The SMILES string of the molecule is CCCN(CCO)C(=O)c1cc[nH]c(=O)c1. The summed E-state index contributed by atoms with van der Waals surface area (Å²) in [6.45, 7) is 2.75. The van der Waals surface area contributed by atoms with Crippen LogP contribution in [0.4, 0.5) is 0 Å². The van der Waals surface area contributed by atoms with E-state index < -0.39 is 0 Å². The molecule has 0 aromatic carbocycles. The van der Waals surface area contributed by atoms with E-state index in [0.29, 0.717) is 18.7 Å². The number of H-pyrrole nitrogens is 1. The molecule has 0 aliphatic rings. The van der Waals surface area contributed by atoms with Crippen LogP contribution < -0.4 is 5.56 Å². The maximum atomic E-state index is 11.9. The third kappa shape index (κ3) is 3.20. The first-order valence-corrected chi connectivity index (χ1v) is 5.28. The Kier molecular flexibility index (Phi) is 4.72. The van der Waals surface area contributed by atoms with E-state index >= 15 is 0 Å². The van der Waals surface area contributed by atoms with E-state index in [0.717, 1.165) is 6.42 Å². The van der Waals surface area contributed by atoms with E-state index in [1.807, 2.05) is 6.92 Å². The number of pyridine rings is 1. The molecule has 5 nitrogen and oxygen atoms in total. The Morgan fingerprint density at radius 2 is 2.25 bits per heavy atom. The van der Waals surface area contributed by atoms with Gasteiger partial charge < -0.3 is 15.0 Å². The molecule has 0 radical (unpaired) electrons. The van der Waals surface area contributed by atoms with E-state index in [-0.39, 0.29) is 18.1 Å². The summed E-state index contributed by atoms with van der Waals surface area (Å²) in [5.74, 6) is -0.220. The number of rotatable bonds is 5. The van der Waals surface area contributed by atoms with Crippen molar-refractivity contribution in [1.29, 1.82) is 0 Å². The molecule has 2 N–H and O–H groups in total. The summed E-state index contributed by atoms with van der Waals surface area (Å²) in [6, 6.07) is 2.83. The van der Waals surface area contributed by atoms with Gasteiger partial charge in [-0.15, -0.1) is 0 Å². The minimum atomic E-state index is -0.300. The lowest BCUT2D eigenvalue weighted by atomic mass is 10.2. The standard InChI is InChI=1S/C11H16N2O3/c1-2-5-13(6-7-14)11(16)9-3-4-12-10(15)8-9/h3-4,8,14H,2,5-7H2,1H3,(H,12,15). The summed E-state index contributed by atoms with van der Waals surface area (Å²) in [7, 11) is 0. The van der Waals surface area contributed by atoms with Crippen molar-refractivity contribution in [2.75, 3.05) is 19.7 Å². The van der Waals surface area contributed by atoms with Crippen molar-refractivity contribution in [1.82, 2.24) is 9.88 Å². The van der Waals surface area contributed by atoms with E-state index in [1.165, 1.54) is 17.2 Å². The first-order valence-electron chi connectivity index (χ1n) is 5.28. The zero-order valence-electron chi connectivity index (χ0n) is 9.27. The quantitative estimate of drug-likeness (QED) is 0.751. The average Bonchev–Trinajstić information content (AvgIpc) is 2.28. The minimum Gasteiger partial charge on any atom is -0.395 e. The highest BCUT2D eigenvalue weighted by Gasteiger charge is 2.14. The fraction of sp³-hybridized carbons (Fsp3) is 0.455. The van der Waals surface area contributed by atoms with Gasteiger partial charge in [0.1, 0.15) is 0 Å². The van der Waals surface area contributed by atoms with E-state index in [2.05, 4.69) is 4.98 Å². The van der Waals surface area contributed by atoms with Crippen LogP contribution in [0.1, 0.15) is 23.7 Å². The lowest BCUT2D eigenvalue weighted by Gasteiger charge is -2.20. The van der Waals surface area contributed by atoms with Crippen LogP contribution >= 0.6 is 0 Å². The van der Waals surface area contributed by atoms with Gasteiger partial charge in [0.2, 0.25) is 5.56 Å². The molecule has 1 rings (SSSR count). The molecule has 16 heavy (non-hydrogen) atoms. The fourth-order valence-electron chi connectivity index (χ4n) is 1.47. The molecule has 0 fully saturated rings. The number of carbonyl (C=O) groups is 1. The number of aliphatic hydroxyl groups is 1. The molecule has 1 heterocycles. The van der Waals surface area contributed by atoms with Crippen molar-refractivity contribution in [3.05, 3.63) is 34.2 Å². The Balaban J connectivity index is 2.85. The van der Waals surface area contributed by atoms with Gasteiger partial charge >= 0.3 is 0 Å². The second-order valence-electron chi connectivity index (χ2n) is 3.46. The second-order valence-corrected chi connectivity index (χ2v) is 3.46. The van der Waals surface area contributed by atoms with Crippen LogP contribution in [0.2, 0.25) is 0 Å². The molecule has 0 saturated heterocycles. The topological polar surface area (TPSA) is 73.4 Å². The second kappa shape index (κ2) is 6.07. The van der Waals surface area contributed by atoms with Crippen molar-refractivity contribution >= 4 is 5.91 Å². The van der Waals surface area contributed by atoms with E-state index in [9.17, 15) is 9.59 Å². The summed E-state index contributed by atoms with van der Waals surface area (Å²) in [5, 5.41) is 8.85. The summed E-state index contributed by atoms with van der Waals surface area (Å²) >= 11 is 0. The maximum Gasteiger partial charge on any atom is 0.254 e. The summed E-state index contributed by atoms with van der Waals surface area (Å²) in [6.07, 6.45) is 2.26. The number of hydrogen-bond donors (Lipinski definition) is 2. The van der Waals surface area contributed by atoms with Crippen LogP contribution in [0.15, 0.2) is 23.1 Å². The number of nitrogens with one attached hydrogen (secondary N) is 1. The Hall–Kier alpha value is -1.62. The monoisotopic (exact) mass is 224 g/mol. The highest BCUT2D eigenvalue weighted by molar-refractivity contribution is 5.94. The van der Waals surface area contributed by atoms with Gasteiger partial charge in [-0.3, -0.25) is 9.59 Å². The molecule has 0 aliphatic heterocycles. The van der Waals surface area contributed by atoms with Crippen molar-refractivity contribution in [2.45, 2.75) is 13.3 Å². The number of nitrogens with zero attached hydrogens (tertiary/aromatic N) is 1. The molecule has 1 aromatic rings. The summed E-state index contributed by atoms with van der Waals surface area (Å²) < 4.78 is 0. The van der Waals surface area contributed by atoms with Crippen LogP contribution in [0.5, 0.6) is 0 Å². The molecular weight excluding hydrogens is 208 g/mol. The molecule has 0 atom stereocenters. The van der Waals surface area contributed by atoms with Crippen LogP contribution in [-0.2, 0) is 0 Å². The van der Waals surface area contributed by atoms with Crippen molar-refractivity contribution in [3.63, 3.8) is 0 Å². The molecule has 0 bridgehead atoms. The number of aromatic nitrogens is 1. The molecule has 5 heteroatoms. The smallest absolute Gasteiger partial charge is 0.254 e. The fourth-order valence-corrected chi connectivity index (χ4v) is 1.47. The van der Waals surface area contributed by atoms with Gasteiger partial charge in [0.25, 0.3) is 5.91 Å². The molecular formula is C11H16N2O3. The van der Waals surface area contributed by atoms with Gasteiger partial charge in [-0.05, 0) is 12.5 Å². The number of aliphatic hydroxyl groups excluding tert-OH is 1. The zero-order chi connectivity index (χ0) is 12.0. The van der Waals surface area contributed by atoms with Gasteiger partial charge in [-0.2, -0.15) is 0 Å². The molecule has 88 valence electrons. The molecule has 1 amide bonds. The third-order valence-electron chi connectivity index (χ3n) is 2.17. The summed E-state index contributed by atoms with van der Waals surface area (Å²) in [5.41, 5.74) is 0.0527. The third-order valence-corrected chi connectivity index (χ3v) is 2.17. The van der Waals surface area contributed by atoms with Gasteiger partial charge in [0.05, 0.1) is 6.61 Å². The number of aromatic amines is 1. The number of amides is 1. The van der Waals surface area contributed by atoms with Crippen LogP contribution in [0.25, 0.3) is 0 Å². The van der Waals surface area contributed by atoms with Crippen LogP contribution in [0.3, 0.4) is 0 Å². The highest BCUT2D eigenvalue weighted by atomic mass is 16.3. The van der Waals surface area contributed by atoms with Gasteiger partial charge in [0.15, 0.2) is 0 Å². The highest BCUT2D eigenvalue weighted by Crippen LogP contribution is 2.02. The predicted molar refractivity (Wildman–Crippen MR) is 60.3 cm³/mol. The van der Waals surface area contributed by atoms with Gasteiger partial charge in [0, 0.05) is 30.9 Å². The van der Waals surface area contributed by atoms with Gasteiger partial charge in [-0.25, -0.2) is 0 Å². The zero-order valence-corrected chi connectivity index (χ0v) is 9.27. The first-order chi connectivity index (χ1) is 7.69. The van der Waals surface area contributed by atoms with Crippen molar-refractivity contribution < 1.29 is 9.90 Å². The predicted octanol–water partition coefficient (Wildman–Crippen LogP) is 0.219. The normalized spacial score (nSPS) is 10.1. The van der Waals surface area contributed by atoms with Crippen LogP contribution in [0, 0.1) is 0 Å². The Morgan fingerprint density at radius 3 is 2.81 bits per heavy atom. The van der Waals surface area contributed by atoms with Gasteiger partial charge in [-0.1, -0.05) is 6.92 Å². The first kappa shape index (κ1) is 12.4. The largest absolute Gasteiger partial charge is 0.395 e. The minimum absolute atomic E-state index is 0.0745. The Morgan fingerprint density at radius 1 is 1.50 bits per heavy atom. The van der Waals surface area contributed by atoms with Crippen LogP contribution in [-0.4, -0.2) is 40.6 Å². The Bertz CT molecular complexity index is 394. The lowest BCUT2D eigenvalue weighted by Crippen LogP contribution is -2.34. The van der Waals surface area contributed by atoms with Crippen molar-refractivity contribution in [2.24, 2.45) is 0 Å². The molecule has 1 aromatic heterocycles.